The smallest absolute Gasteiger partial charge is 0.422 e. The van der Waals surface area contributed by atoms with Gasteiger partial charge in [0.05, 0.1) is 23.5 Å². The first kappa shape index (κ1) is 32.7. The fourth-order valence-electron chi connectivity index (χ4n) is 4.16. The van der Waals surface area contributed by atoms with Crippen molar-refractivity contribution < 1.29 is 45.9 Å². The van der Waals surface area contributed by atoms with Gasteiger partial charge in [0.1, 0.15) is 17.2 Å². The predicted molar refractivity (Wildman–Crippen MR) is 157 cm³/mol. The summed E-state index contributed by atoms with van der Waals surface area (Å²) in [6.45, 7) is 4.81. The number of ketones is 1. The number of carbonyl (C=O) groups is 3. The van der Waals surface area contributed by atoms with Crippen molar-refractivity contribution in [3.63, 3.8) is 0 Å². The van der Waals surface area contributed by atoms with Crippen LogP contribution in [-0.4, -0.2) is 41.3 Å². The molecule has 0 saturated carbocycles. The molecule has 0 aliphatic heterocycles. The molecule has 0 spiro atoms. The molecule has 2 N–H and O–H groups in total. The monoisotopic (exact) mass is 627 g/mol. The average Bonchev–Trinajstić information content (AvgIpc) is 3.38. The summed E-state index contributed by atoms with van der Waals surface area (Å²) in [6, 6.07) is 15.5. The molecule has 0 aliphatic rings. The Bertz CT molecular complexity index is 1730. The van der Waals surface area contributed by atoms with Gasteiger partial charge in [-0.05, 0) is 45.9 Å². The zero-order valence-electron chi connectivity index (χ0n) is 24.7. The number of ether oxygens (including phenoxy) is 2. The Morgan fingerprint density at radius 2 is 1.60 bits per heavy atom. The molecule has 0 radical (unpaired) electrons. The van der Waals surface area contributed by atoms with E-state index in [2.05, 4.69) is 15.8 Å². The van der Waals surface area contributed by atoms with Gasteiger partial charge >= 0.3 is 12.3 Å². The Morgan fingerprint density at radius 1 is 0.889 bits per heavy atom. The van der Waals surface area contributed by atoms with E-state index in [9.17, 15) is 31.9 Å². The van der Waals surface area contributed by atoms with Gasteiger partial charge in [-0.2, -0.15) is 13.2 Å². The molecule has 4 aromatic rings. The van der Waals surface area contributed by atoms with Crippen LogP contribution in [0.2, 0.25) is 0 Å². The summed E-state index contributed by atoms with van der Waals surface area (Å²) >= 11 is 0. The van der Waals surface area contributed by atoms with Crippen LogP contribution in [-0.2, 0) is 9.53 Å². The van der Waals surface area contributed by atoms with Crippen molar-refractivity contribution in [2.75, 3.05) is 17.2 Å². The molecule has 3 aromatic carbocycles. The van der Waals surface area contributed by atoms with Gasteiger partial charge in [0, 0.05) is 34.4 Å². The third-order valence-electron chi connectivity index (χ3n) is 6.00. The summed E-state index contributed by atoms with van der Waals surface area (Å²) < 4.78 is 69.6. The summed E-state index contributed by atoms with van der Waals surface area (Å²) in [5.74, 6) is -2.17. The molecule has 0 atom stereocenters. The number of benzene rings is 3. The molecule has 13 heteroatoms. The maximum absolute atomic E-state index is 14.8. The summed E-state index contributed by atoms with van der Waals surface area (Å²) in [5, 5.41) is 8.71. The Morgan fingerprint density at radius 3 is 2.24 bits per heavy atom. The number of hydrogen-bond acceptors (Lipinski definition) is 7. The van der Waals surface area contributed by atoms with Crippen LogP contribution >= 0.6 is 0 Å². The third-order valence-corrected chi connectivity index (χ3v) is 6.00. The molecule has 1 aromatic heterocycles. The number of alkyl halides is 3. The van der Waals surface area contributed by atoms with E-state index >= 15 is 0 Å². The molecule has 0 fully saturated rings. The van der Waals surface area contributed by atoms with Gasteiger partial charge in [0.2, 0.25) is 5.91 Å². The summed E-state index contributed by atoms with van der Waals surface area (Å²) in [4.78, 5) is 38.8. The van der Waals surface area contributed by atoms with E-state index in [1.165, 1.54) is 30.3 Å². The fourth-order valence-corrected chi connectivity index (χ4v) is 4.16. The van der Waals surface area contributed by atoms with Crippen LogP contribution in [0.4, 0.5) is 33.7 Å². The second kappa shape index (κ2) is 13.2. The fraction of sp³-hybridized carbons (Fsp3) is 0.250. The highest BCUT2D eigenvalue weighted by Gasteiger charge is 2.30. The van der Waals surface area contributed by atoms with Crippen LogP contribution in [0, 0.1) is 12.7 Å². The van der Waals surface area contributed by atoms with Crippen LogP contribution in [0.3, 0.4) is 0 Å². The normalized spacial score (nSPS) is 11.6. The number of amides is 2. The van der Waals surface area contributed by atoms with Crippen molar-refractivity contribution in [1.82, 2.24) is 5.16 Å². The van der Waals surface area contributed by atoms with E-state index in [4.69, 9.17) is 14.0 Å². The summed E-state index contributed by atoms with van der Waals surface area (Å²) in [5.41, 5.74) is -0.190. The third kappa shape index (κ3) is 9.15. The van der Waals surface area contributed by atoms with Crippen LogP contribution in [0.1, 0.15) is 43.2 Å². The number of aromatic nitrogens is 1. The molecule has 0 bridgehead atoms. The molecule has 9 nitrogen and oxygen atoms in total. The Balaban J connectivity index is 1.68. The van der Waals surface area contributed by atoms with Crippen molar-refractivity contribution >= 4 is 29.2 Å². The predicted octanol–water partition coefficient (Wildman–Crippen LogP) is 7.96. The maximum atomic E-state index is 14.8. The first-order valence-electron chi connectivity index (χ1n) is 13.6. The lowest BCUT2D eigenvalue weighted by atomic mass is 10.0. The highest BCUT2D eigenvalue weighted by Crippen LogP contribution is 2.40. The molecule has 236 valence electrons. The number of carbonyl (C=O) groups excluding carboxylic acids is 3. The largest absolute Gasteiger partial charge is 0.483 e. The minimum atomic E-state index is -4.73. The highest BCUT2D eigenvalue weighted by atomic mass is 19.4. The number of aryl methyl sites for hydroxylation is 1. The lowest BCUT2D eigenvalue weighted by molar-refractivity contribution is -0.153. The first-order chi connectivity index (χ1) is 21.1. The number of nitrogens with zero attached hydrogens (tertiary/aromatic N) is 1. The maximum Gasteiger partial charge on any atom is 0.422 e. The zero-order valence-corrected chi connectivity index (χ0v) is 24.7. The van der Waals surface area contributed by atoms with E-state index < -0.39 is 54.2 Å². The lowest BCUT2D eigenvalue weighted by Crippen LogP contribution is -2.28. The molecular weight excluding hydrogens is 598 g/mol. The molecule has 45 heavy (non-hydrogen) atoms. The molecular formula is C32H29F4N3O6. The van der Waals surface area contributed by atoms with Gasteiger partial charge in [0.25, 0.3) is 0 Å². The lowest BCUT2D eigenvalue weighted by Gasteiger charge is -2.22. The zero-order chi connectivity index (χ0) is 32.9. The summed E-state index contributed by atoms with van der Waals surface area (Å²) in [6.07, 6.45) is -6.37. The van der Waals surface area contributed by atoms with E-state index in [0.717, 1.165) is 18.2 Å². The van der Waals surface area contributed by atoms with Gasteiger partial charge in [-0.15, -0.1) is 0 Å². The molecule has 4 rings (SSSR count). The Kier molecular flexibility index (Phi) is 9.60. The van der Waals surface area contributed by atoms with E-state index in [-0.39, 0.29) is 28.1 Å². The van der Waals surface area contributed by atoms with E-state index in [1.54, 1.807) is 45.9 Å². The van der Waals surface area contributed by atoms with Gasteiger partial charge in [0.15, 0.2) is 18.2 Å². The molecule has 0 saturated heterocycles. The van der Waals surface area contributed by atoms with Crippen molar-refractivity contribution in [3.05, 3.63) is 83.8 Å². The Hall–Kier alpha value is -5.20. The molecule has 1 heterocycles. The number of anilines is 2. The van der Waals surface area contributed by atoms with Crippen molar-refractivity contribution in [2.45, 2.75) is 45.9 Å². The molecule has 0 unspecified atom stereocenters. The number of nitrogens with one attached hydrogen (secondary N) is 2. The highest BCUT2D eigenvalue weighted by molar-refractivity contribution is 6.12. The van der Waals surface area contributed by atoms with E-state index in [1.807, 2.05) is 0 Å². The van der Waals surface area contributed by atoms with Crippen molar-refractivity contribution in [1.29, 1.82) is 0 Å². The standard InChI is InChI=1S/C32H29F4N3O6/c1-18-12-27(45-39-18)20-9-7-8-19(13-20)26(40)16-29(41)37-24-14-22(21-10-5-6-11-23(21)33)28(43-17-32(34,35)36)15-25(24)38-30(42)44-31(2,3)4/h5-15H,16-17H2,1-4H3,(H,37,41)(H,38,42). The second-order valence-corrected chi connectivity index (χ2v) is 11.0. The minimum absolute atomic E-state index is 0.135. The van der Waals surface area contributed by atoms with Gasteiger partial charge < -0.3 is 19.3 Å². The van der Waals surface area contributed by atoms with Gasteiger partial charge in [-0.1, -0.05) is 41.6 Å². The topological polar surface area (TPSA) is 120 Å². The quantitative estimate of drug-likeness (QED) is 0.110. The van der Waals surface area contributed by atoms with Crippen LogP contribution in [0.25, 0.3) is 22.5 Å². The number of Topliss-reactive ketones (excluding diaryl/α,β-unsaturated/α-hetero) is 1. The molecule has 2 amide bonds. The van der Waals surface area contributed by atoms with E-state index in [0.29, 0.717) is 17.0 Å². The van der Waals surface area contributed by atoms with Crippen LogP contribution in [0.15, 0.2) is 71.3 Å². The van der Waals surface area contributed by atoms with Crippen molar-refractivity contribution in [2.24, 2.45) is 0 Å². The second-order valence-electron chi connectivity index (χ2n) is 11.0. The number of rotatable bonds is 9. The molecule has 0 aliphatic carbocycles. The first-order valence-corrected chi connectivity index (χ1v) is 13.6. The number of halogens is 4. The number of hydrogen-bond donors (Lipinski definition) is 2. The van der Waals surface area contributed by atoms with Gasteiger partial charge in [-0.25, -0.2) is 9.18 Å². The summed E-state index contributed by atoms with van der Waals surface area (Å²) in [7, 11) is 0. The van der Waals surface area contributed by atoms with Crippen LogP contribution < -0.4 is 15.4 Å². The van der Waals surface area contributed by atoms with Crippen molar-refractivity contribution in [3.8, 4) is 28.2 Å². The van der Waals surface area contributed by atoms with Gasteiger partial charge in [-0.3, -0.25) is 14.9 Å². The minimum Gasteiger partial charge on any atom is -0.483 e. The van der Waals surface area contributed by atoms with Crippen LogP contribution in [0.5, 0.6) is 5.75 Å². The average molecular weight is 628 g/mol. The Labute approximate surface area is 255 Å². The SMILES string of the molecule is Cc1cc(-c2cccc(C(=O)CC(=O)Nc3cc(-c4ccccc4F)c(OCC(F)(F)F)cc3NC(=O)OC(C)(C)C)c2)on1.